The Morgan fingerprint density at radius 3 is 2.39 bits per heavy atom. The molecule has 0 atom stereocenters. The Balaban J connectivity index is 2.12. The van der Waals surface area contributed by atoms with Crippen LogP contribution in [0.15, 0.2) is 52.4 Å². The lowest BCUT2D eigenvalue weighted by Crippen LogP contribution is -2.16. The van der Waals surface area contributed by atoms with E-state index in [2.05, 4.69) is 10.9 Å². The van der Waals surface area contributed by atoms with Crippen LogP contribution < -0.4 is 9.94 Å². The van der Waals surface area contributed by atoms with E-state index in [4.69, 9.17) is 11.6 Å². The topological polar surface area (TPSA) is 112 Å². The number of carbonyl (C=O) groups is 2. The van der Waals surface area contributed by atoms with E-state index in [1.165, 1.54) is 31.2 Å². The third kappa shape index (κ3) is 3.94. The van der Waals surface area contributed by atoms with Gasteiger partial charge in [-0.3, -0.25) is 9.59 Å². The van der Waals surface area contributed by atoms with Crippen LogP contribution in [0.5, 0.6) is 0 Å². The van der Waals surface area contributed by atoms with E-state index in [1.54, 1.807) is 22.8 Å². The van der Waals surface area contributed by atoms with Crippen LogP contribution in [0.4, 0.5) is 0 Å². The summed E-state index contributed by atoms with van der Waals surface area (Å²) in [6.07, 6.45) is 5.43. The second-order valence-corrected chi connectivity index (χ2v) is 8.47. The van der Waals surface area contributed by atoms with Gasteiger partial charge in [0.05, 0.1) is 21.7 Å². The summed E-state index contributed by atoms with van der Waals surface area (Å²) >= 11 is 1.13. The van der Waals surface area contributed by atoms with Crippen molar-refractivity contribution in [3.63, 3.8) is 0 Å². The first kappa shape index (κ1) is 19.7. The van der Waals surface area contributed by atoms with Gasteiger partial charge >= 0.3 is 0 Å². The number of nitrogens with zero attached hydrogens (tertiary/aromatic N) is 2. The number of hydrogen-bond donors (Lipinski definition) is 1. The van der Waals surface area contributed by atoms with Crippen molar-refractivity contribution in [2.75, 3.05) is 0 Å². The summed E-state index contributed by atoms with van der Waals surface area (Å²) in [6, 6.07) is 10.6. The second-order valence-electron chi connectivity index (χ2n) is 5.90. The highest BCUT2D eigenvalue weighted by atomic mass is 32.2. The van der Waals surface area contributed by atoms with Crippen LogP contribution >= 0.6 is 11.3 Å². The molecule has 0 saturated heterocycles. The molecule has 1 amide bonds. The number of rotatable bonds is 4. The van der Waals surface area contributed by atoms with Gasteiger partial charge in [0.1, 0.15) is 0 Å². The number of aromatic nitrogens is 1. The average molecular weight is 413 g/mol. The third-order valence-electron chi connectivity index (χ3n) is 3.97. The summed E-state index contributed by atoms with van der Waals surface area (Å²) in [5, 5.41) is 5.18. The maximum absolute atomic E-state index is 12.5. The predicted molar refractivity (Wildman–Crippen MR) is 106 cm³/mol. The molecule has 9 heteroatoms. The van der Waals surface area contributed by atoms with Crippen LogP contribution in [0.25, 0.3) is 10.2 Å². The number of nitrogens with two attached hydrogens (primary N) is 1. The number of fused-ring (bicyclic) bond motifs is 1. The van der Waals surface area contributed by atoms with Crippen molar-refractivity contribution in [3.8, 4) is 12.3 Å². The Bertz CT molecular complexity index is 1310. The molecule has 0 unspecified atom stereocenters. The van der Waals surface area contributed by atoms with Crippen LogP contribution in [-0.2, 0) is 16.6 Å². The van der Waals surface area contributed by atoms with Gasteiger partial charge in [0.25, 0.3) is 5.91 Å². The quantitative estimate of drug-likeness (QED) is 0.520. The molecule has 2 N–H and O–H groups in total. The van der Waals surface area contributed by atoms with Crippen LogP contribution in [0.2, 0.25) is 0 Å². The summed E-state index contributed by atoms with van der Waals surface area (Å²) < 4.78 is 25.4. The van der Waals surface area contributed by atoms with Gasteiger partial charge in [-0.2, -0.15) is 4.99 Å². The monoisotopic (exact) mass is 413 g/mol. The number of carbonyl (C=O) groups excluding carboxylic acids is 2. The smallest absolute Gasteiger partial charge is 0.279 e. The van der Waals surface area contributed by atoms with E-state index in [-0.39, 0.29) is 17.2 Å². The lowest BCUT2D eigenvalue weighted by molar-refractivity contribution is 0.0991. The minimum Gasteiger partial charge on any atom is -0.305 e. The number of Topliss-reactive ketones (excluding diaryl/α,β-unsaturated/α-hetero) is 1. The number of ketones is 1. The van der Waals surface area contributed by atoms with Crippen molar-refractivity contribution in [1.29, 1.82) is 0 Å². The SMILES string of the molecule is C#CCn1c(=NC(=O)c2ccc(C(C)=O)cc2)sc2cc(S(N)(=O)=O)ccc21. The molecular weight excluding hydrogens is 398 g/mol. The predicted octanol–water partition coefficient (Wildman–Crippen LogP) is 1.93. The number of thiazole rings is 1. The Hall–Kier alpha value is -3.06. The van der Waals surface area contributed by atoms with Crippen molar-refractivity contribution in [2.45, 2.75) is 18.4 Å². The van der Waals surface area contributed by atoms with Crippen molar-refractivity contribution in [1.82, 2.24) is 4.57 Å². The molecule has 0 aliphatic heterocycles. The Labute approximate surface area is 165 Å². The summed E-state index contributed by atoms with van der Waals surface area (Å²) in [6.45, 7) is 1.60. The highest BCUT2D eigenvalue weighted by Gasteiger charge is 2.13. The summed E-state index contributed by atoms with van der Waals surface area (Å²) in [7, 11) is -3.86. The number of terminal acetylenes is 1. The van der Waals surface area contributed by atoms with E-state index < -0.39 is 15.9 Å². The van der Waals surface area contributed by atoms with Gasteiger partial charge in [-0.15, -0.1) is 6.42 Å². The highest BCUT2D eigenvalue weighted by Crippen LogP contribution is 2.21. The third-order valence-corrected chi connectivity index (χ3v) is 5.92. The standard InChI is InChI=1S/C19H15N3O4S2/c1-3-10-22-16-9-8-15(28(20,25)26)11-17(16)27-19(22)21-18(24)14-6-4-13(5-7-14)12(2)23/h1,4-9,11H,10H2,2H3,(H2,20,25,26). The molecule has 7 nitrogen and oxygen atoms in total. The molecule has 1 heterocycles. The van der Waals surface area contributed by atoms with E-state index >= 15 is 0 Å². The first-order valence-corrected chi connectivity index (χ1v) is 10.4. The van der Waals surface area contributed by atoms with Gasteiger partial charge < -0.3 is 4.57 Å². The molecule has 3 rings (SSSR count). The van der Waals surface area contributed by atoms with Crippen LogP contribution in [0.1, 0.15) is 27.6 Å². The number of primary sulfonamides is 1. The fraction of sp³-hybridized carbons (Fsp3) is 0.105. The van der Waals surface area contributed by atoms with Crippen LogP contribution in [0, 0.1) is 12.3 Å². The van der Waals surface area contributed by atoms with E-state index in [0.29, 0.717) is 26.1 Å². The van der Waals surface area contributed by atoms with Gasteiger partial charge in [-0.25, -0.2) is 13.6 Å². The van der Waals surface area contributed by atoms with Crippen LogP contribution in [-0.4, -0.2) is 24.7 Å². The van der Waals surface area contributed by atoms with Crippen molar-refractivity contribution >= 4 is 43.3 Å². The minimum atomic E-state index is -3.86. The molecule has 0 aliphatic carbocycles. The molecule has 0 fully saturated rings. The maximum Gasteiger partial charge on any atom is 0.279 e. The zero-order valence-electron chi connectivity index (χ0n) is 14.7. The fourth-order valence-corrected chi connectivity index (χ4v) is 4.24. The zero-order chi connectivity index (χ0) is 20.5. The van der Waals surface area contributed by atoms with Crippen molar-refractivity contribution in [3.05, 3.63) is 58.4 Å². The molecular formula is C19H15N3O4S2. The summed E-state index contributed by atoms with van der Waals surface area (Å²) in [5.41, 5.74) is 1.46. The molecule has 1 aromatic heterocycles. The van der Waals surface area contributed by atoms with E-state index in [1.807, 2.05) is 0 Å². The van der Waals surface area contributed by atoms with E-state index in [0.717, 1.165) is 11.3 Å². The Morgan fingerprint density at radius 2 is 1.82 bits per heavy atom. The minimum absolute atomic E-state index is 0.0354. The summed E-state index contributed by atoms with van der Waals surface area (Å²) in [4.78, 5) is 28.3. The van der Waals surface area contributed by atoms with Crippen molar-refractivity contribution in [2.24, 2.45) is 10.1 Å². The Kier molecular flexibility index (Phi) is 5.29. The fourth-order valence-electron chi connectivity index (χ4n) is 2.56. The second kappa shape index (κ2) is 7.52. The molecule has 142 valence electrons. The van der Waals surface area contributed by atoms with Gasteiger partial charge in [-0.05, 0) is 37.3 Å². The van der Waals surface area contributed by atoms with Crippen molar-refractivity contribution < 1.29 is 18.0 Å². The maximum atomic E-state index is 12.5. The molecule has 0 saturated carbocycles. The van der Waals surface area contributed by atoms with Gasteiger partial charge in [0.2, 0.25) is 10.0 Å². The molecule has 3 aromatic rings. The molecule has 28 heavy (non-hydrogen) atoms. The normalized spacial score (nSPS) is 12.1. The molecule has 0 bridgehead atoms. The highest BCUT2D eigenvalue weighted by molar-refractivity contribution is 7.89. The zero-order valence-corrected chi connectivity index (χ0v) is 16.4. The lowest BCUT2D eigenvalue weighted by Gasteiger charge is -2.01. The van der Waals surface area contributed by atoms with Gasteiger partial charge in [0.15, 0.2) is 10.6 Å². The van der Waals surface area contributed by atoms with Crippen LogP contribution in [0.3, 0.4) is 0 Å². The first-order valence-electron chi connectivity index (χ1n) is 8.00. The number of amides is 1. The van der Waals surface area contributed by atoms with Gasteiger partial charge in [-0.1, -0.05) is 29.4 Å². The number of hydrogen-bond acceptors (Lipinski definition) is 5. The first-order chi connectivity index (χ1) is 13.2. The number of sulfonamides is 1. The largest absolute Gasteiger partial charge is 0.305 e. The van der Waals surface area contributed by atoms with E-state index in [9.17, 15) is 18.0 Å². The molecule has 0 aliphatic rings. The Morgan fingerprint density at radius 1 is 1.18 bits per heavy atom. The molecule has 0 radical (unpaired) electrons. The molecule has 0 spiro atoms. The van der Waals surface area contributed by atoms with Gasteiger partial charge in [0, 0.05) is 11.1 Å². The molecule has 2 aromatic carbocycles. The summed E-state index contributed by atoms with van der Waals surface area (Å²) in [5.74, 6) is 1.90. The average Bonchev–Trinajstić information content (AvgIpc) is 2.98. The lowest BCUT2D eigenvalue weighted by atomic mass is 10.1. The number of benzene rings is 2.